The Labute approximate surface area is 70.8 Å². The smallest absolute Gasteiger partial charge is 0.133 e. The summed E-state index contributed by atoms with van der Waals surface area (Å²) in [4.78, 5) is 0. The van der Waals surface area contributed by atoms with Crippen LogP contribution in [0.15, 0.2) is 0 Å². The first-order chi connectivity index (χ1) is 5.52. The van der Waals surface area contributed by atoms with Crippen molar-refractivity contribution in [2.75, 3.05) is 13.2 Å². The van der Waals surface area contributed by atoms with Crippen LogP contribution in [0.25, 0.3) is 0 Å². The largest absolute Gasteiger partial charge is 0.388 e. The van der Waals surface area contributed by atoms with Crippen LogP contribution in [0, 0.1) is 0 Å². The van der Waals surface area contributed by atoms with Crippen LogP contribution in [0.3, 0.4) is 0 Å². The second-order valence-electron chi connectivity index (χ2n) is 3.19. The normalized spacial score (nSPS) is 49.2. The third kappa shape index (κ3) is 1.34. The average molecular weight is 177 g/mol. The van der Waals surface area contributed by atoms with Crippen molar-refractivity contribution in [1.29, 1.82) is 0 Å². The van der Waals surface area contributed by atoms with E-state index in [1.54, 1.807) is 6.92 Å². The molecule has 1 heterocycles. The van der Waals surface area contributed by atoms with Gasteiger partial charge < -0.3 is 25.8 Å². The zero-order valence-electron chi connectivity index (χ0n) is 6.97. The maximum atomic E-state index is 9.68. The monoisotopic (exact) mass is 177 g/mol. The molecule has 0 amide bonds. The highest BCUT2D eigenvalue weighted by molar-refractivity contribution is 4.99. The van der Waals surface area contributed by atoms with Gasteiger partial charge in [0.1, 0.15) is 17.8 Å². The fourth-order valence-corrected chi connectivity index (χ4v) is 1.34. The molecule has 72 valence electrons. The first-order valence-corrected chi connectivity index (χ1v) is 3.92. The second-order valence-corrected chi connectivity index (χ2v) is 3.19. The summed E-state index contributed by atoms with van der Waals surface area (Å²) in [6, 6.07) is 0. The van der Waals surface area contributed by atoms with Crippen molar-refractivity contribution < 1.29 is 20.1 Å². The SMILES string of the molecule is CC1OCC(O)[C@](O)(CN)[C@@H]1O. The topological polar surface area (TPSA) is 95.9 Å². The summed E-state index contributed by atoms with van der Waals surface area (Å²) in [5.74, 6) is 0. The van der Waals surface area contributed by atoms with E-state index in [-0.39, 0.29) is 13.2 Å². The fourth-order valence-electron chi connectivity index (χ4n) is 1.34. The Morgan fingerprint density at radius 1 is 1.58 bits per heavy atom. The van der Waals surface area contributed by atoms with E-state index in [0.717, 1.165) is 0 Å². The average Bonchev–Trinajstić information content (AvgIpc) is 2.08. The molecule has 12 heavy (non-hydrogen) atoms. The molecule has 1 aliphatic rings. The summed E-state index contributed by atoms with van der Waals surface area (Å²) >= 11 is 0. The van der Waals surface area contributed by atoms with Crippen LogP contribution in [-0.2, 0) is 4.74 Å². The standard InChI is InChI=1S/C7H15NO4/c1-4-6(10)7(11,3-8)5(9)2-12-4/h4-6,9-11H,2-3,8H2,1H3/t4?,5?,6-,7-/m1/s1. The Morgan fingerprint density at radius 2 is 2.17 bits per heavy atom. The van der Waals surface area contributed by atoms with Gasteiger partial charge in [-0.25, -0.2) is 0 Å². The Balaban J connectivity index is 2.78. The van der Waals surface area contributed by atoms with E-state index in [1.807, 2.05) is 0 Å². The first kappa shape index (κ1) is 9.88. The van der Waals surface area contributed by atoms with Gasteiger partial charge in [-0.3, -0.25) is 0 Å². The summed E-state index contributed by atoms with van der Waals surface area (Å²) in [6.07, 6.45) is -2.75. The predicted molar refractivity (Wildman–Crippen MR) is 41.4 cm³/mol. The molecule has 0 aliphatic carbocycles. The van der Waals surface area contributed by atoms with Crippen LogP contribution in [-0.4, -0.2) is 52.4 Å². The van der Waals surface area contributed by atoms with Gasteiger partial charge in [-0.05, 0) is 6.92 Å². The molecule has 0 aromatic heterocycles. The third-order valence-electron chi connectivity index (χ3n) is 2.38. The lowest BCUT2D eigenvalue weighted by atomic mass is 9.85. The lowest BCUT2D eigenvalue weighted by molar-refractivity contribution is -0.233. The summed E-state index contributed by atoms with van der Waals surface area (Å²) in [5, 5.41) is 28.4. The minimum absolute atomic E-state index is 0.00588. The van der Waals surface area contributed by atoms with E-state index in [2.05, 4.69) is 0 Å². The van der Waals surface area contributed by atoms with Crippen LogP contribution < -0.4 is 5.73 Å². The Hall–Kier alpha value is -0.200. The molecule has 2 unspecified atom stereocenters. The number of aliphatic hydroxyl groups is 3. The molecule has 1 saturated heterocycles. The maximum absolute atomic E-state index is 9.68. The van der Waals surface area contributed by atoms with E-state index >= 15 is 0 Å². The molecule has 0 aromatic rings. The number of aliphatic hydroxyl groups excluding tert-OH is 2. The lowest BCUT2D eigenvalue weighted by Crippen LogP contribution is -2.65. The van der Waals surface area contributed by atoms with Gasteiger partial charge in [-0.2, -0.15) is 0 Å². The van der Waals surface area contributed by atoms with Gasteiger partial charge in [0.25, 0.3) is 0 Å². The highest BCUT2D eigenvalue weighted by atomic mass is 16.5. The highest BCUT2D eigenvalue weighted by Gasteiger charge is 2.48. The van der Waals surface area contributed by atoms with Crippen LogP contribution in [0.1, 0.15) is 6.92 Å². The van der Waals surface area contributed by atoms with Crippen LogP contribution in [0.2, 0.25) is 0 Å². The molecule has 5 nitrogen and oxygen atoms in total. The summed E-state index contributed by atoms with van der Waals surface area (Å²) in [6.45, 7) is 1.45. The molecule has 0 bridgehead atoms. The maximum Gasteiger partial charge on any atom is 0.133 e. The highest BCUT2D eigenvalue weighted by Crippen LogP contribution is 2.24. The molecule has 5 heteroatoms. The van der Waals surface area contributed by atoms with Gasteiger partial charge >= 0.3 is 0 Å². The third-order valence-corrected chi connectivity index (χ3v) is 2.38. The van der Waals surface area contributed by atoms with Gasteiger partial charge in [0.05, 0.1) is 12.7 Å². The van der Waals surface area contributed by atoms with Gasteiger partial charge in [0, 0.05) is 6.54 Å². The van der Waals surface area contributed by atoms with Crippen LogP contribution in [0.4, 0.5) is 0 Å². The Kier molecular flexibility index (Phi) is 2.70. The van der Waals surface area contributed by atoms with E-state index in [1.165, 1.54) is 0 Å². The Morgan fingerprint density at radius 3 is 2.58 bits per heavy atom. The number of rotatable bonds is 1. The van der Waals surface area contributed by atoms with E-state index in [4.69, 9.17) is 10.5 Å². The molecule has 5 N–H and O–H groups in total. The molecular formula is C7H15NO4. The molecule has 4 atom stereocenters. The van der Waals surface area contributed by atoms with Crippen LogP contribution >= 0.6 is 0 Å². The molecule has 0 spiro atoms. The first-order valence-electron chi connectivity index (χ1n) is 3.92. The van der Waals surface area contributed by atoms with Crippen molar-refractivity contribution in [2.45, 2.75) is 30.8 Å². The summed E-state index contributed by atoms with van der Waals surface area (Å²) in [7, 11) is 0. The minimum atomic E-state index is -1.63. The number of nitrogens with two attached hydrogens (primary N) is 1. The molecule has 1 aliphatic heterocycles. The zero-order chi connectivity index (χ0) is 9.35. The molecule has 1 rings (SSSR count). The van der Waals surface area contributed by atoms with E-state index < -0.39 is 23.9 Å². The van der Waals surface area contributed by atoms with Crippen molar-refractivity contribution in [2.24, 2.45) is 5.73 Å². The Bertz CT molecular complexity index is 165. The van der Waals surface area contributed by atoms with Crippen molar-refractivity contribution in [3.63, 3.8) is 0 Å². The minimum Gasteiger partial charge on any atom is -0.388 e. The summed E-state index contributed by atoms with van der Waals surface area (Å²) in [5.41, 5.74) is 3.63. The molecular weight excluding hydrogens is 162 g/mol. The zero-order valence-corrected chi connectivity index (χ0v) is 6.97. The number of hydrogen-bond donors (Lipinski definition) is 4. The quantitative estimate of drug-likeness (QED) is 0.365. The van der Waals surface area contributed by atoms with Crippen molar-refractivity contribution in [3.8, 4) is 0 Å². The molecule has 1 fully saturated rings. The molecule has 0 aromatic carbocycles. The predicted octanol–water partition coefficient (Wildman–Crippen LogP) is -2.18. The van der Waals surface area contributed by atoms with Gasteiger partial charge in [-0.15, -0.1) is 0 Å². The van der Waals surface area contributed by atoms with Gasteiger partial charge in [0.15, 0.2) is 0 Å². The van der Waals surface area contributed by atoms with Crippen molar-refractivity contribution in [1.82, 2.24) is 0 Å². The number of ether oxygens (including phenoxy) is 1. The van der Waals surface area contributed by atoms with Crippen LogP contribution in [0.5, 0.6) is 0 Å². The summed E-state index contributed by atoms with van der Waals surface area (Å²) < 4.78 is 4.98. The second kappa shape index (κ2) is 3.27. The van der Waals surface area contributed by atoms with Crippen molar-refractivity contribution in [3.05, 3.63) is 0 Å². The van der Waals surface area contributed by atoms with Gasteiger partial charge in [-0.1, -0.05) is 0 Å². The van der Waals surface area contributed by atoms with E-state index in [0.29, 0.717) is 0 Å². The number of hydrogen-bond acceptors (Lipinski definition) is 5. The van der Waals surface area contributed by atoms with Gasteiger partial charge in [0.2, 0.25) is 0 Å². The fraction of sp³-hybridized carbons (Fsp3) is 1.00. The van der Waals surface area contributed by atoms with Crippen molar-refractivity contribution >= 4 is 0 Å². The molecule has 0 radical (unpaired) electrons. The molecule has 0 saturated carbocycles. The lowest BCUT2D eigenvalue weighted by Gasteiger charge is -2.43. The van der Waals surface area contributed by atoms with E-state index in [9.17, 15) is 15.3 Å².